The Morgan fingerprint density at radius 2 is 1.89 bits per heavy atom. The Bertz CT molecular complexity index is 429. The van der Waals surface area contributed by atoms with Gasteiger partial charge in [-0.25, -0.2) is 4.79 Å². The van der Waals surface area contributed by atoms with E-state index < -0.39 is 5.97 Å². The maximum absolute atomic E-state index is 11.6. The SMILES string of the molecule is COCCCO/N=C(/C(=O)OC)c1ccc(N)cc1. The Balaban J connectivity index is 2.74. The van der Waals surface area contributed by atoms with Crippen LogP contribution >= 0.6 is 0 Å². The summed E-state index contributed by atoms with van der Waals surface area (Å²) in [6, 6.07) is 6.73. The van der Waals surface area contributed by atoms with E-state index in [1.807, 2.05) is 0 Å². The number of carbonyl (C=O) groups is 1. The smallest absolute Gasteiger partial charge is 0.360 e. The molecule has 0 fully saturated rings. The summed E-state index contributed by atoms with van der Waals surface area (Å²) in [6.45, 7) is 0.939. The van der Waals surface area contributed by atoms with Crippen LogP contribution in [0.5, 0.6) is 0 Å². The van der Waals surface area contributed by atoms with Gasteiger partial charge in [-0.15, -0.1) is 0 Å². The van der Waals surface area contributed by atoms with Crippen molar-refractivity contribution in [1.82, 2.24) is 0 Å². The Hall–Kier alpha value is -2.08. The number of methoxy groups -OCH3 is 2. The average Bonchev–Trinajstić information content (AvgIpc) is 2.43. The zero-order valence-electron chi connectivity index (χ0n) is 11.1. The van der Waals surface area contributed by atoms with Gasteiger partial charge >= 0.3 is 5.97 Å². The van der Waals surface area contributed by atoms with Crippen LogP contribution in [-0.4, -0.2) is 39.1 Å². The van der Waals surface area contributed by atoms with Crippen LogP contribution in [0.2, 0.25) is 0 Å². The molecule has 0 aliphatic rings. The van der Waals surface area contributed by atoms with Gasteiger partial charge in [0, 0.05) is 31.4 Å². The zero-order valence-corrected chi connectivity index (χ0v) is 11.1. The van der Waals surface area contributed by atoms with Crippen LogP contribution in [0.4, 0.5) is 5.69 Å². The highest BCUT2D eigenvalue weighted by Crippen LogP contribution is 2.08. The number of nitrogen functional groups attached to an aromatic ring is 1. The molecule has 0 atom stereocenters. The number of ether oxygens (including phenoxy) is 2. The van der Waals surface area contributed by atoms with Gasteiger partial charge in [-0.1, -0.05) is 17.3 Å². The monoisotopic (exact) mass is 266 g/mol. The molecule has 0 amide bonds. The molecule has 1 rings (SSSR count). The molecular weight excluding hydrogens is 248 g/mol. The number of hydrogen-bond donors (Lipinski definition) is 1. The van der Waals surface area contributed by atoms with Gasteiger partial charge in [0.2, 0.25) is 0 Å². The first kappa shape index (κ1) is 15.0. The van der Waals surface area contributed by atoms with E-state index in [-0.39, 0.29) is 5.71 Å². The van der Waals surface area contributed by atoms with Crippen molar-refractivity contribution in [2.45, 2.75) is 6.42 Å². The molecule has 0 saturated heterocycles. The Morgan fingerprint density at radius 3 is 2.47 bits per heavy atom. The van der Waals surface area contributed by atoms with Gasteiger partial charge in [0.25, 0.3) is 0 Å². The van der Waals surface area contributed by atoms with Crippen molar-refractivity contribution in [3.8, 4) is 0 Å². The maximum Gasteiger partial charge on any atom is 0.360 e. The van der Waals surface area contributed by atoms with Gasteiger partial charge in [0.05, 0.1) is 7.11 Å². The van der Waals surface area contributed by atoms with Gasteiger partial charge in [-0.05, 0) is 12.1 Å². The quantitative estimate of drug-likeness (QED) is 0.263. The van der Waals surface area contributed by atoms with Crippen molar-refractivity contribution < 1.29 is 19.1 Å². The molecule has 0 aromatic heterocycles. The molecule has 6 nitrogen and oxygen atoms in total. The Kier molecular flexibility index (Phi) is 6.38. The predicted octanol–water partition coefficient (Wildman–Crippen LogP) is 1.20. The molecule has 0 radical (unpaired) electrons. The number of anilines is 1. The van der Waals surface area contributed by atoms with Crippen molar-refractivity contribution in [2.24, 2.45) is 5.16 Å². The number of carbonyl (C=O) groups excluding carboxylic acids is 1. The fourth-order valence-corrected chi connectivity index (χ4v) is 1.32. The molecule has 2 N–H and O–H groups in total. The molecule has 0 unspecified atom stereocenters. The summed E-state index contributed by atoms with van der Waals surface area (Å²) in [6.07, 6.45) is 0.691. The van der Waals surface area contributed by atoms with Crippen molar-refractivity contribution in [3.05, 3.63) is 29.8 Å². The molecule has 1 aromatic carbocycles. The second-order valence-electron chi connectivity index (χ2n) is 3.73. The third kappa shape index (κ3) is 4.97. The van der Waals surface area contributed by atoms with Crippen LogP contribution in [0.15, 0.2) is 29.4 Å². The number of hydrogen-bond acceptors (Lipinski definition) is 6. The number of nitrogens with zero attached hydrogens (tertiary/aromatic N) is 1. The van der Waals surface area contributed by atoms with Crippen molar-refractivity contribution in [1.29, 1.82) is 0 Å². The number of esters is 1. The summed E-state index contributed by atoms with van der Waals surface area (Å²) >= 11 is 0. The Labute approximate surface area is 112 Å². The largest absolute Gasteiger partial charge is 0.464 e. The van der Waals surface area contributed by atoms with Crippen LogP contribution in [0.3, 0.4) is 0 Å². The van der Waals surface area contributed by atoms with Gasteiger partial charge < -0.3 is 20.0 Å². The lowest BCUT2D eigenvalue weighted by molar-refractivity contribution is -0.132. The van der Waals surface area contributed by atoms with E-state index in [0.717, 1.165) is 0 Å². The lowest BCUT2D eigenvalue weighted by Crippen LogP contribution is -2.18. The normalized spacial score (nSPS) is 11.2. The summed E-state index contributed by atoms with van der Waals surface area (Å²) in [7, 11) is 2.90. The van der Waals surface area contributed by atoms with E-state index in [4.69, 9.17) is 15.3 Å². The lowest BCUT2D eigenvalue weighted by atomic mass is 10.1. The molecule has 0 spiro atoms. The van der Waals surface area contributed by atoms with Gasteiger partial charge in [0.1, 0.15) is 6.61 Å². The lowest BCUT2D eigenvalue weighted by Gasteiger charge is -2.05. The molecular formula is C13H18N2O4. The summed E-state index contributed by atoms with van der Waals surface area (Å²) in [5.41, 5.74) is 6.90. The Morgan fingerprint density at radius 1 is 1.21 bits per heavy atom. The standard InChI is InChI=1S/C13H18N2O4/c1-17-8-3-9-19-15-12(13(16)18-2)10-4-6-11(14)7-5-10/h4-7H,3,8-9,14H2,1-2H3/b15-12+. The first-order chi connectivity index (χ1) is 9.19. The van der Waals surface area contributed by atoms with Crippen LogP contribution in [0, 0.1) is 0 Å². The van der Waals surface area contributed by atoms with Crippen LogP contribution in [0.1, 0.15) is 12.0 Å². The van der Waals surface area contributed by atoms with E-state index in [1.54, 1.807) is 31.4 Å². The van der Waals surface area contributed by atoms with E-state index >= 15 is 0 Å². The van der Waals surface area contributed by atoms with E-state index in [2.05, 4.69) is 9.89 Å². The first-order valence-electron chi connectivity index (χ1n) is 5.82. The molecule has 0 heterocycles. The number of oxime groups is 1. The summed E-state index contributed by atoms with van der Waals surface area (Å²) < 4.78 is 9.55. The molecule has 1 aromatic rings. The second-order valence-corrected chi connectivity index (χ2v) is 3.73. The molecule has 104 valence electrons. The highest BCUT2D eigenvalue weighted by Gasteiger charge is 2.15. The average molecular weight is 266 g/mol. The minimum atomic E-state index is -0.559. The fraction of sp³-hybridized carbons (Fsp3) is 0.385. The second kappa shape index (κ2) is 8.10. The highest BCUT2D eigenvalue weighted by atomic mass is 16.6. The summed E-state index contributed by atoms with van der Waals surface area (Å²) in [4.78, 5) is 16.7. The van der Waals surface area contributed by atoms with E-state index in [0.29, 0.717) is 30.9 Å². The zero-order chi connectivity index (χ0) is 14.1. The minimum absolute atomic E-state index is 0.111. The van der Waals surface area contributed by atoms with E-state index in [1.165, 1.54) is 7.11 Å². The predicted molar refractivity (Wildman–Crippen MR) is 71.9 cm³/mol. The molecule has 6 heteroatoms. The highest BCUT2D eigenvalue weighted by molar-refractivity contribution is 6.43. The van der Waals surface area contributed by atoms with Gasteiger partial charge in [0.15, 0.2) is 5.71 Å². The number of nitrogens with two attached hydrogens (primary N) is 1. The third-order valence-corrected chi connectivity index (χ3v) is 2.30. The maximum atomic E-state index is 11.6. The van der Waals surface area contributed by atoms with Crippen molar-refractivity contribution >= 4 is 17.4 Å². The molecule has 0 bridgehead atoms. The van der Waals surface area contributed by atoms with Gasteiger partial charge in [-0.3, -0.25) is 0 Å². The summed E-state index contributed by atoms with van der Waals surface area (Å²) in [5.74, 6) is -0.559. The number of benzene rings is 1. The minimum Gasteiger partial charge on any atom is -0.464 e. The molecule has 19 heavy (non-hydrogen) atoms. The van der Waals surface area contributed by atoms with Crippen molar-refractivity contribution in [3.63, 3.8) is 0 Å². The topological polar surface area (TPSA) is 83.1 Å². The van der Waals surface area contributed by atoms with Crippen LogP contribution in [0.25, 0.3) is 0 Å². The molecule has 0 saturated carbocycles. The van der Waals surface area contributed by atoms with Gasteiger partial charge in [-0.2, -0.15) is 0 Å². The van der Waals surface area contributed by atoms with Crippen LogP contribution < -0.4 is 5.73 Å². The van der Waals surface area contributed by atoms with E-state index in [9.17, 15) is 4.79 Å². The molecule has 0 aliphatic heterocycles. The summed E-state index contributed by atoms with van der Waals surface area (Å²) in [5, 5.41) is 3.81. The van der Waals surface area contributed by atoms with Crippen molar-refractivity contribution in [2.75, 3.05) is 33.2 Å². The molecule has 0 aliphatic carbocycles. The number of rotatable bonds is 7. The first-order valence-corrected chi connectivity index (χ1v) is 5.82. The van der Waals surface area contributed by atoms with Crippen LogP contribution in [-0.2, 0) is 19.1 Å². The third-order valence-electron chi connectivity index (χ3n) is 2.30. The fourth-order valence-electron chi connectivity index (χ4n) is 1.32.